The lowest BCUT2D eigenvalue weighted by atomic mass is 10.1. The Balaban J connectivity index is 1.70. The summed E-state index contributed by atoms with van der Waals surface area (Å²) in [6.45, 7) is 8.09. The largest absolute Gasteiger partial charge is 0.460 e. The molecule has 8 nitrogen and oxygen atoms in total. The van der Waals surface area contributed by atoms with E-state index in [1.54, 1.807) is 26.0 Å². The highest BCUT2D eigenvalue weighted by Crippen LogP contribution is 2.38. The molecule has 2 aromatic heterocycles. The van der Waals surface area contributed by atoms with Crippen LogP contribution in [0.2, 0.25) is 0 Å². The number of ether oxygens (including phenoxy) is 1. The van der Waals surface area contributed by atoms with Gasteiger partial charge in [-0.05, 0) is 50.8 Å². The minimum atomic E-state index is -3.79. The third-order valence-corrected chi connectivity index (χ3v) is 7.55. The lowest BCUT2D eigenvalue weighted by molar-refractivity contribution is 0.0491. The topological polar surface area (TPSA) is 103 Å². The Bertz CT molecular complexity index is 1220. The number of aryl methyl sites for hydroxylation is 1. The molecule has 1 fully saturated rings. The van der Waals surface area contributed by atoms with Crippen LogP contribution in [0.3, 0.4) is 0 Å². The molecule has 9 heteroatoms. The van der Waals surface area contributed by atoms with Crippen molar-refractivity contribution >= 4 is 27.0 Å². The molecule has 1 aliphatic heterocycles. The molecular weight excluding hydrogens is 420 g/mol. The standard InChI is InChI=1S/C22H26N2O6S/c1-5-28-22(25)21-14(4)16-11-15(8-9-19(16)29-21)31(26,27)24-10-6-7-18(24)20-12-17(13(2)3)23-30-20/h8-9,11-13,18H,5-7,10H2,1-4H3. The molecule has 0 amide bonds. The summed E-state index contributed by atoms with van der Waals surface area (Å²) in [6.07, 6.45) is 1.41. The highest BCUT2D eigenvalue weighted by Gasteiger charge is 2.38. The Hall–Kier alpha value is -2.65. The van der Waals surface area contributed by atoms with Crippen LogP contribution in [0.5, 0.6) is 0 Å². The average molecular weight is 447 g/mol. The van der Waals surface area contributed by atoms with E-state index in [4.69, 9.17) is 13.7 Å². The van der Waals surface area contributed by atoms with Gasteiger partial charge in [0.2, 0.25) is 15.8 Å². The van der Waals surface area contributed by atoms with Gasteiger partial charge in [0.1, 0.15) is 5.58 Å². The van der Waals surface area contributed by atoms with E-state index >= 15 is 0 Å². The van der Waals surface area contributed by atoms with E-state index in [9.17, 15) is 13.2 Å². The van der Waals surface area contributed by atoms with Gasteiger partial charge in [-0.2, -0.15) is 4.31 Å². The van der Waals surface area contributed by atoms with Crippen molar-refractivity contribution in [3.8, 4) is 0 Å². The van der Waals surface area contributed by atoms with Crippen LogP contribution < -0.4 is 0 Å². The Labute approximate surface area is 181 Å². The number of sulfonamides is 1. The van der Waals surface area contributed by atoms with E-state index in [-0.39, 0.29) is 29.2 Å². The van der Waals surface area contributed by atoms with Crippen LogP contribution in [-0.4, -0.2) is 37.0 Å². The molecule has 0 N–H and O–H groups in total. The quantitative estimate of drug-likeness (QED) is 0.512. The fourth-order valence-electron chi connectivity index (χ4n) is 3.93. The maximum Gasteiger partial charge on any atom is 0.374 e. The van der Waals surface area contributed by atoms with Crippen LogP contribution in [0.1, 0.15) is 73.1 Å². The van der Waals surface area contributed by atoms with Gasteiger partial charge in [0.25, 0.3) is 0 Å². The first-order valence-electron chi connectivity index (χ1n) is 10.4. The maximum absolute atomic E-state index is 13.5. The molecule has 4 rings (SSSR count). The van der Waals surface area contributed by atoms with E-state index in [2.05, 4.69) is 5.16 Å². The van der Waals surface area contributed by atoms with Crippen LogP contribution in [-0.2, 0) is 14.8 Å². The molecule has 1 saturated heterocycles. The molecule has 3 aromatic rings. The van der Waals surface area contributed by atoms with Gasteiger partial charge in [0.05, 0.1) is 23.2 Å². The van der Waals surface area contributed by atoms with Gasteiger partial charge in [-0.1, -0.05) is 19.0 Å². The number of nitrogens with zero attached hydrogens (tertiary/aromatic N) is 2. The fraction of sp³-hybridized carbons (Fsp3) is 0.455. The van der Waals surface area contributed by atoms with Gasteiger partial charge < -0.3 is 13.7 Å². The Kier molecular flexibility index (Phi) is 5.65. The number of rotatable bonds is 6. The van der Waals surface area contributed by atoms with Crippen LogP contribution >= 0.6 is 0 Å². The van der Waals surface area contributed by atoms with Crippen LogP contribution in [0.4, 0.5) is 0 Å². The summed E-state index contributed by atoms with van der Waals surface area (Å²) < 4.78 is 44.6. The second-order valence-corrected chi connectivity index (χ2v) is 9.91. The predicted molar refractivity (Wildman–Crippen MR) is 113 cm³/mol. The summed E-state index contributed by atoms with van der Waals surface area (Å²) in [6, 6.07) is 6.10. The summed E-state index contributed by atoms with van der Waals surface area (Å²) in [5.41, 5.74) is 1.80. The highest BCUT2D eigenvalue weighted by atomic mass is 32.2. The minimum Gasteiger partial charge on any atom is -0.460 e. The number of esters is 1. The molecule has 0 aliphatic carbocycles. The van der Waals surface area contributed by atoms with Crippen molar-refractivity contribution in [1.29, 1.82) is 0 Å². The molecule has 1 unspecified atom stereocenters. The van der Waals surface area contributed by atoms with Crippen LogP contribution in [0.15, 0.2) is 38.1 Å². The predicted octanol–water partition coefficient (Wildman–Crippen LogP) is 4.56. The number of carbonyl (C=O) groups is 1. The summed E-state index contributed by atoms with van der Waals surface area (Å²) in [5.74, 6) is 0.291. The lowest BCUT2D eigenvalue weighted by Crippen LogP contribution is -2.30. The van der Waals surface area contributed by atoms with Crippen molar-refractivity contribution in [3.63, 3.8) is 0 Å². The van der Waals surface area contributed by atoms with Crippen molar-refractivity contribution in [3.05, 3.63) is 47.0 Å². The number of aromatic nitrogens is 1. The maximum atomic E-state index is 13.5. The monoisotopic (exact) mass is 446 g/mol. The van der Waals surface area contributed by atoms with E-state index in [0.29, 0.717) is 35.3 Å². The van der Waals surface area contributed by atoms with Gasteiger partial charge in [0, 0.05) is 23.6 Å². The average Bonchev–Trinajstić information content (AvgIpc) is 3.46. The van der Waals surface area contributed by atoms with Gasteiger partial charge >= 0.3 is 5.97 Å². The zero-order valence-corrected chi connectivity index (χ0v) is 18.9. The van der Waals surface area contributed by atoms with Crippen LogP contribution in [0, 0.1) is 6.92 Å². The van der Waals surface area contributed by atoms with E-state index < -0.39 is 16.0 Å². The molecule has 0 saturated carbocycles. The molecule has 1 atom stereocenters. The van der Waals surface area contributed by atoms with E-state index in [0.717, 1.165) is 12.1 Å². The smallest absolute Gasteiger partial charge is 0.374 e. The van der Waals surface area contributed by atoms with Gasteiger partial charge in [-0.3, -0.25) is 0 Å². The zero-order chi connectivity index (χ0) is 22.3. The lowest BCUT2D eigenvalue weighted by Gasteiger charge is -2.22. The molecule has 1 aliphatic rings. The Morgan fingerprint density at radius 1 is 1.32 bits per heavy atom. The van der Waals surface area contributed by atoms with E-state index in [1.807, 2.05) is 19.9 Å². The van der Waals surface area contributed by atoms with Gasteiger partial charge in [0.15, 0.2) is 5.76 Å². The molecule has 0 bridgehead atoms. The number of benzene rings is 1. The molecule has 3 heterocycles. The Morgan fingerprint density at radius 3 is 2.77 bits per heavy atom. The number of hydrogen-bond acceptors (Lipinski definition) is 7. The number of carbonyl (C=O) groups excluding carboxylic acids is 1. The first-order chi connectivity index (χ1) is 14.7. The summed E-state index contributed by atoms with van der Waals surface area (Å²) in [4.78, 5) is 12.3. The number of fused-ring (bicyclic) bond motifs is 1. The second kappa shape index (κ2) is 8.12. The van der Waals surface area contributed by atoms with Crippen molar-refractivity contribution in [2.45, 2.75) is 57.4 Å². The van der Waals surface area contributed by atoms with Gasteiger partial charge in [-0.15, -0.1) is 0 Å². The van der Waals surface area contributed by atoms with Crippen molar-refractivity contribution in [2.75, 3.05) is 13.2 Å². The minimum absolute atomic E-state index is 0.0910. The third-order valence-electron chi connectivity index (χ3n) is 5.65. The van der Waals surface area contributed by atoms with Crippen molar-refractivity contribution < 1.29 is 26.9 Å². The first kappa shape index (κ1) is 21.6. The molecule has 0 radical (unpaired) electrons. The van der Waals surface area contributed by atoms with Gasteiger partial charge in [-0.25, -0.2) is 13.2 Å². The third kappa shape index (κ3) is 3.76. The zero-order valence-electron chi connectivity index (χ0n) is 18.0. The van der Waals surface area contributed by atoms with Crippen molar-refractivity contribution in [2.24, 2.45) is 0 Å². The molecular formula is C22H26N2O6S. The number of hydrogen-bond donors (Lipinski definition) is 0. The van der Waals surface area contributed by atoms with E-state index in [1.165, 1.54) is 10.4 Å². The summed E-state index contributed by atoms with van der Waals surface area (Å²) in [5, 5.41) is 4.65. The highest BCUT2D eigenvalue weighted by molar-refractivity contribution is 7.89. The summed E-state index contributed by atoms with van der Waals surface area (Å²) >= 11 is 0. The van der Waals surface area contributed by atoms with Crippen LogP contribution in [0.25, 0.3) is 11.0 Å². The number of furan rings is 1. The molecule has 0 spiro atoms. The molecule has 166 valence electrons. The van der Waals surface area contributed by atoms with Crippen molar-refractivity contribution in [1.82, 2.24) is 9.46 Å². The fourth-order valence-corrected chi connectivity index (χ4v) is 5.62. The second-order valence-electron chi connectivity index (χ2n) is 8.02. The Morgan fingerprint density at radius 2 is 2.10 bits per heavy atom. The molecule has 1 aromatic carbocycles. The summed E-state index contributed by atoms with van der Waals surface area (Å²) in [7, 11) is -3.79. The first-order valence-corrected chi connectivity index (χ1v) is 11.9. The normalized spacial score (nSPS) is 17.6. The molecule has 31 heavy (non-hydrogen) atoms. The SMILES string of the molecule is CCOC(=O)c1oc2ccc(S(=O)(=O)N3CCCC3c3cc(C(C)C)no3)cc2c1C.